The summed E-state index contributed by atoms with van der Waals surface area (Å²) in [6.45, 7) is 8.16. The van der Waals surface area contributed by atoms with Crippen molar-refractivity contribution in [3.05, 3.63) is 0 Å². The Bertz CT molecular complexity index is 198. The standard InChI is InChI=1S/C8H17O2PS/c1-8(2,3)7-5-9-11(4,12)10-6-7/h7H,5-6H2,1-4H3. The number of hydrogen-bond acceptors (Lipinski definition) is 3. The van der Waals surface area contributed by atoms with E-state index in [2.05, 4.69) is 20.8 Å². The predicted molar refractivity (Wildman–Crippen MR) is 55.1 cm³/mol. The van der Waals surface area contributed by atoms with Crippen LogP contribution in [0.4, 0.5) is 0 Å². The topological polar surface area (TPSA) is 18.5 Å². The second-order valence-electron chi connectivity index (χ2n) is 4.43. The Hall–Kier alpha value is 0.570. The fourth-order valence-corrected chi connectivity index (χ4v) is 2.38. The van der Waals surface area contributed by atoms with E-state index >= 15 is 0 Å². The molecule has 0 aromatic heterocycles. The molecule has 0 aromatic rings. The van der Waals surface area contributed by atoms with Crippen LogP contribution in [0.5, 0.6) is 0 Å². The maximum Gasteiger partial charge on any atom is 0.185 e. The highest BCUT2D eigenvalue weighted by atomic mass is 32.5. The van der Waals surface area contributed by atoms with Crippen LogP contribution in [-0.4, -0.2) is 19.9 Å². The smallest absolute Gasteiger partial charge is 0.185 e. The van der Waals surface area contributed by atoms with Gasteiger partial charge in [0.25, 0.3) is 0 Å². The molecule has 1 saturated heterocycles. The van der Waals surface area contributed by atoms with Crippen LogP contribution < -0.4 is 0 Å². The minimum atomic E-state index is -1.86. The van der Waals surface area contributed by atoms with Crippen LogP contribution in [0.25, 0.3) is 0 Å². The van der Waals surface area contributed by atoms with Crippen LogP contribution in [-0.2, 0) is 20.9 Å². The van der Waals surface area contributed by atoms with E-state index in [1.54, 1.807) is 0 Å². The van der Waals surface area contributed by atoms with Crippen molar-refractivity contribution in [1.29, 1.82) is 0 Å². The van der Waals surface area contributed by atoms with Gasteiger partial charge >= 0.3 is 0 Å². The molecule has 0 amide bonds. The van der Waals surface area contributed by atoms with Gasteiger partial charge in [-0.3, -0.25) is 0 Å². The Morgan fingerprint density at radius 1 is 1.25 bits per heavy atom. The molecule has 1 aliphatic heterocycles. The minimum absolute atomic E-state index is 0.260. The lowest BCUT2D eigenvalue weighted by molar-refractivity contribution is 0.0529. The molecule has 1 aliphatic rings. The van der Waals surface area contributed by atoms with Gasteiger partial charge in [-0.1, -0.05) is 20.8 Å². The van der Waals surface area contributed by atoms with Gasteiger partial charge in [0.15, 0.2) is 6.49 Å². The molecule has 0 saturated carbocycles. The quantitative estimate of drug-likeness (QED) is 0.570. The Labute approximate surface area is 79.8 Å². The van der Waals surface area contributed by atoms with Crippen LogP contribution in [0.15, 0.2) is 0 Å². The van der Waals surface area contributed by atoms with Gasteiger partial charge in [-0.2, -0.15) is 0 Å². The average molecular weight is 208 g/mol. The van der Waals surface area contributed by atoms with Gasteiger partial charge in [-0.05, 0) is 17.2 Å². The van der Waals surface area contributed by atoms with Crippen molar-refractivity contribution >= 4 is 18.3 Å². The van der Waals surface area contributed by atoms with Gasteiger partial charge < -0.3 is 9.05 Å². The molecule has 0 aliphatic carbocycles. The maximum absolute atomic E-state index is 5.51. The summed E-state index contributed by atoms with van der Waals surface area (Å²) in [7, 11) is 0. The van der Waals surface area contributed by atoms with Gasteiger partial charge in [0.2, 0.25) is 0 Å². The van der Waals surface area contributed by atoms with E-state index in [4.69, 9.17) is 20.9 Å². The Balaban J connectivity index is 2.53. The zero-order valence-electron chi connectivity index (χ0n) is 8.16. The zero-order chi connectivity index (χ0) is 9.41. The summed E-state index contributed by atoms with van der Waals surface area (Å²) in [5.41, 5.74) is 0.260. The van der Waals surface area contributed by atoms with Gasteiger partial charge in [0, 0.05) is 12.6 Å². The monoisotopic (exact) mass is 208 g/mol. The molecule has 1 rings (SSSR count). The fraction of sp³-hybridized carbons (Fsp3) is 1.00. The van der Waals surface area contributed by atoms with Crippen LogP contribution in [0.1, 0.15) is 20.8 Å². The second kappa shape index (κ2) is 3.38. The third-order valence-electron chi connectivity index (χ3n) is 2.25. The lowest BCUT2D eigenvalue weighted by Gasteiger charge is -2.36. The molecule has 0 radical (unpaired) electrons. The lowest BCUT2D eigenvalue weighted by Crippen LogP contribution is -2.32. The first kappa shape index (κ1) is 10.6. The van der Waals surface area contributed by atoms with Crippen molar-refractivity contribution in [2.75, 3.05) is 19.9 Å². The molecule has 0 bridgehead atoms. The molecule has 12 heavy (non-hydrogen) atoms. The third kappa shape index (κ3) is 2.81. The summed E-state index contributed by atoms with van der Waals surface area (Å²) >= 11 is 5.14. The SMILES string of the molecule is CC(C)(C)C1COP(C)(=S)OC1. The first-order valence-corrected chi connectivity index (χ1v) is 7.26. The molecule has 2 nitrogen and oxygen atoms in total. The largest absolute Gasteiger partial charge is 0.329 e. The summed E-state index contributed by atoms with van der Waals surface area (Å²) in [4.78, 5) is 0. The van der Waals surface area contributed by atoms with Gasteiger partial charge in [0.05, 0.1) is 13.2 Å². The van der Waals surface area contributed by atoms with Crippen LogP contribution >= 0.6 is 6.49 Å². The molecular weight excluding hydrogens is 191 g/mol. The van der Waals surface area contributed by atoms with Crippen LogP contribution in [0.2, 0.25) is 0 Å². The van der Waals surface area contributed by atoms with E-state index in [0.29, 0.717) is 5.92 Å². The Morgan fingerprint density at radius 3 is 2.00 bits per heavy atom. The fourth-order valence-electron chi connectivity index (χ4n) is 1.04. The van der Waals surface area contributed by atoms with Crippen molar-refractivity contribution in [2.24, 2.45) is 11.3 Å². The Kier molecular flexibility index (Phi) is 3.00. The van der Waals surface area contributed by atoms with Crippen LogP contribution in [0, 0.1) is 11.3 Å². The molecule has 4 heteroatoms. The Morgan fingerprint density at radius 2 is 1.67 bits per heavy atom. The van der Waals surface area contributed by atoms with Crippen molar-refractivity contribution < 1.29 is 9.05 Å². The van der Waals surface area contributed by atoms with E-state index < -0.39 is 6.49 Å². The van der Waals surface area contributed by atoms with Crippen molar-refractivity contribution in [2.45, 2.75) is 20.8 Å². The predicted octanol–water partition coefficient (Wildman–Crippen LogP) is 2.63. The summed E-state index contributed by atoms with van der Waals surface area (Å²) in [5, 5.41) is 0. The normalized spacial score (nSPS) is 38.2. The third-order valence-corrected chi connectivity index (χ3v) is 4.11. The van der Waals surface area contributed by atoms with E-state index in [9.17, 15) is 0 Å². The summed E-state index contributed by atoms with van der Waals surface area (Å²) in [6.07, 6.45) is 0. The average Bonchev–Trinajstić information content (AvgIpc) is 1.83. The highest BCUT2D eigenvalue weighted by Gasteiger charge is 2.31. The van der Waals surface area contributed by atoms with Gasteiger partial charge in [-0.15, -0.1) is 0 Å². The first-order chi connectivity index (χ1) is 5.31. The zero-order valence-corrected chi connectivity index (χ0v) is 9.87. The van der Waals surface area contributed by atoms with Gasteiger partial charge in [0.1, 0.15) is 0 Å². The van der Waals surface area contributed by atoms with Crippen molar-refractivity contribution in [1.82, 2.24) is 0 Å². The summed E-state index contributed by atoms with van der Waals surface area (Å²) in [5.74, 6) is 0.480. The molecule has 1 fully saturated rings. The minimum Gasteiger partial charge on any atom is -0.329 e. The molecule has 0 spiro atoms. The summed E-state index contributed by atoms with van der Waals surface area (Å²) in [6, 6.07) is 0. The van der Waals surface area contributed by atoms with E-state index in [-0.39, 0.29) is 5.41 Å². The van der Waals surface area contributed by atoms with Crippen molar-refractivity contribution in [3.63, 3.8) is 0 Å². The molecule has 0 atom stereocenters. The molecule has 1 heterocycles. The highest BCUT2D eigenvalue weighted by Crippen LogP contribution is 2.50. The lowest BCUT2D eigenvalue weighted by atomic mass is 9.82. The number of hydrogen-bond donors (Lipinski definition) is 0. The van der Waals surface area contributed by atoms with Crippen molar-refractivity contribution in [3.8, 4) is 0 Å². The maximum atomic E-state index is 5.51. The molecule has 72 valence electrons. The number of rotatable bonds is 0. The van der Waals surface area contributed by atoms with Crippen LogP contribution in [0.3, 0.4) is 0 Å². The molecular formula is C8H17O2PS. The molecule has 0 N–H and O–H groups in total. The second-order valence-corrected chi connectivity index (χ2v) is 8.47. The molecule has 0 aromatic carbocycles. The highest BCUT2D eigenvalue weighted by molar-refractivity contribution is 8.09. The van der Waals surface area contributed by atoms with E-state index in [1.807, 2.05) is 6.66 Å². The summed E-state index contributed by atoms with van der Waals surface area (Å²) < 4.78 is 11.0. The molecule has 0 unspecified atom stereocenters. The van der Waals surface area contributed by atoms with Gasteiger partial charge in [-0.25, -0.2) is 0 Å². The van der Waals surface area contributed by atoms with E-state index in [0.717, 1.165) is 13.2 Å². The first-order valence-electron chi connectivity index (χ1n) is 4.18. The van der Waals surface area contributed by atoms with E-state index in [1.165, 1.54) is 0 Å².